The summed E-state index contributed by atoms with van der Waals surface area (Å²) in [5, 5.41) is 19.6. The van der Waals surface area contributed by atoms with Crippen molar-refractivity contribution in [3.8, 4) is 0 Å². The summed E-state index contributed by atoms with van der Waals surface area (Å²) in [6.07, 6.45) is -4.95. The molecule has 5 unspecified atom stereocenters. The Morgan fingerprint density at radius 3 is 2.68 bits per heavy atom. The van der Waals surface area contributed by atoms with Crippen molar-refractivity contribution in [2.75, 3.05) is 20.4 Å². The smallest absolute Gasteiger partial charge is 0.384 e. The number of rotatable bonds is 6. The monoisotopic (exact) mass is 391 g/mol. The van der Waals surface area contributed by atoms with Crippen molar-refractivity contribution in [1.82, 2.24) is 4.90 Å². The van der Waals surface area contributed by atoms with Crippen LogP contribution in [0.2, 0.25) is 0 Å². The molecule has 1 fully saturated rings. The second kappa shape index (κ2) is 6.83. The minimum Gasteiger partial charge on any atom is -0.384 e. The fourth-order valence-electron chi connectivity index (χ4n) is 2.29. The van der Waals surface area contributed by atoms with E-state index >= 15 is 0 Å². The Bertz CT molecular complexity index is 622. The molecule has 0 spiro atoms. The quantitative estimate of drug-likeness (QED) is 0.430. The van der Waals surface area contributed by atoms with Gasteiger partial charge in [-0.1, -0.05) is 0 Å². The van der Waals surface area contributed by atoms with E-state index in [4.69, 9.17) is 15.4 Å². The standard InChI is InChI=1S/C11H17F3N3O7P/c1-22-25(20,21)23-5-10(4-12)7(18)11(13,14)8(24-10)17-3-2-6(15)16-9(17)19/h2-3,7-9,18-19H,4-5H2,1H3,(H2,15,16)(H,20,21). The number of hydrogen-bond donors (Lipinski definition) is 4. The number of hydrogen-bond acceptors (Lipinski definition) is 9. The minimum absolute atomic E-state index is 0.146. The van der Waals surface area contributed by atoms with Crippen LogP contribution in [-0.4, -0.2) is 76.4 Å². The topological polar surface area (TPSA) is 147 Å². The van der Waals surface area contributed by atoms with E-state index in [9.17, 15) is 27.9 Å². The van der Waals surface area contributed by atoms with E-state index in [1.807, 2.05) is 0 Å². The molecule has 2 aliphatic rings. The third-order valence-electron chi connectivity index (χ3n) is 3.69. The fourth-order valence-corrected chi connectivity index (χ4v) is 2.78. The van der Waals surface area contributed by atoms with Gasteiger partial charge in [-0.15, -0.1) is 0 Å². The van der Waals surface area contributed by atoms with Crippen LogP contribution in [0, 0.1) is 0 Å². The van der Waals surface area contributed by atoms with E-state index in [-0.39, 0.29) is 5.84 Å². The number of nitrogens with two attached hydrogens (primary N) is 1. The van der Waals surface area contributed by atoms with Gasteiger partial charge in [-0.3, -0.25) is 9.05 Å². The molecule has 0 aromatic carbocycles. The van der Waals surface area contributed by atoms with E-state index in [2.05, 4.69) is 14.0 Å². The van der Waals surface area contributed by atoms with Crippen LogP contribution in [0.4, 0.5) is 13.2 Å². The highest BCUT2D eigenvalue weighted by molar-refractivity contribution is 7.47. The molecule has 1 saturated heterocycles. The predicted octanol–water partition coefficient (Wildman–Crippen LogP) is -0.727. The second-order valence-electron chi connectivity index (χ2n) is 5.33. The van der Waals surface area contributed by atoms with Gasteiger partial charge in [0.25, 0.3) is 0 Å². The molecule has 2 heterocycles. The molecule has 25 heavy (non-hydrogen) atoms. The van der Waals surface area contributed by atoms with Gasteiger partial charge in [0.2, 0.25) is 12.6 Å². The Morgan fingerprint density at radius 1 is 1.52 bits per heavy atom. The van der Waals surface area contributed by atoms with Crippen LogP contribution >= 0.6 is 7.82 Å². The lowest BCUT2D eigenvalue weighted by Gasteiger charge is -2.34. The third kappa shape index (κ3) is 3.67. The highest BCUT2D eigenvalue weighted by atomic mass is 31.2. The highest BCUT2D eigenvalue weighted by Gasteiger charge is 2.68. The maximum absolute atomic E-state index is 14.4. The molecule has 144 valence electrons. The van der Waals surface area contributed by atoms with Gasteiger partial charge in [0, 0.05) is 13.3 Å². The summed E-state index contributed by atoms with van der Waals surface area (Å²) >= 11 is 0. The first-order valence-electron chi connectivity index (χ1n) is 6.79. The lowest BCUT2D eigenvalue weighted by molar-refractivity contribution is -0.195. The lowest BCUT2D eigenvalue weighted by Crippen LogP contribution is -2.53. The molecule has 10 nitrogen and oxygen atoms in total. The number of alkyl halides is 3. The number of nitrogens with zero attached hydrogens (tertiary/aromatic N) is 2. The average molecular weight is 391 g/mol. The first-order valence-corrected chi connectivity index (χ1v) is 8.28. The number of aliphatic hydroxyl groups excluding tert-OH is 2. The molecule has 0 aromatic heterocycles. The summed E-state index contributed by atoms with van der Waals surface area (Å²) in [4.78, 5) is 13.1. The van der Waals surface area contributed by atoms with Crippen LogP contribution in [0.15, 0.2) is 17.3 Å². The zero-order valence-electron chi connectivity index (χ0n) is 12.8. The van der Waals surface area contributed by atoms with Crippen molar-refractivity contribution < 1.29 is 46.6 Å². The molecular formula is C11H17F3N3O7P. The third-order valence-corrected chi connectivity index (χ3v) is 4.60. The summed E-state index contributed by atoms with van der Waals surface area (Å²) in [6.45, 7) is -2.89. The molecule has 0 bridgehead atoms. The van der Waals surface area contributed by atoms with Gasteiger partial charge in [-0.25, -0.2) is 13.9 Å². The molecule has 0 radical (unpaired) electrons. The zero-order valence-corrected chi connectivity index (χ0v) is 13.7. The summed E-state index contributed by atoms with van der Waals surface area (Å²) in [6, 6.07) is 0. The summed E-state index contributed by atoms with van der Waals surface area (Å²) in [7, 11) is -3.83. The van der Waals surface area contributed by atoms with Crippen LogP contribution in [0.3, 0.4) is 0 Å². The molecule has 0 saturated carbocycles. The Kier molecular flexibility index (Phi) is 5.50. The lowest BCUT2D eigenvalue weighted by atomic mass is 9.97. The molecule has 2 rings (SSSR count). The van der Waals surface area contributed by atoms with E-state index in [1.165, 1.54) is 0 Å². The van der Waals surface area contributed by atoms with Crippen LogP contribution in [0.25, 0.3) is 0 Å². The van der Waals surface area contributed by atoms with Gasteiger partial charge in [0.1, 0.15) is 12.5 Å². The number of aliphatic hydroxyl groups is 2. The average Bonchev–Trinajstić information content (AvgIpc) is 2.74. The molecule has 14 heteroatoms. The van der Waals surface area contributed by atoms with Crippen LogP contribution in [0.1, 0.15) is 0 Å². The van der Waals surface area contributed by atoms with Gasteiger partial charge >= 0.3 is 13.7 Å². The molecule has 5 atom stereocenters. The largest absolute Gasteiger partial charge is 0.472 e. The number of phosphoric acid groups is 1. The van der Waals surface area contributed by atoms with Gasteiger partial charge in [-0.2, -0.15) is 8.78 Å². The molecule has 0 aromatic rings. The molecule has 0 amide bonds. The molecular weight excluding hydrogens is 374 g/mol. The van der Waals surface area contributed by atoms with Crippen molar-refractivity contribution in [3.63, 3.8) is 0 Å². The Morgan fingerprint density at radius 2 is 2.16 bits per heavy atom. The summed E-state index contributed by atoms with van der Waals surface area (Å²) in [5.41, 5.74) is 2.64. The Hall–Kier alpha value is -1.21. The number of halogens is 3. The Labute approximate surface area is 139 Å². The van der Waals surface area contributed by atoms with Crippen molar-refractivity contribution >= 4 is 13.7 Å². The van der Waals surface area contributed by atoms with E-state index < -0.39 is 51.3 Å². The van der Waals surface area contributed by atoms with Gasteiger partial charge < -0.3 is 30.5 Å². The number of amidine groups is 1. The Balaban J connectivity index is 2.28. The van der Waals surface area contributed by atoms with E-state index in [0.717, 1.165) is 19.4 Å². The maximum atomic E-state index is 14.4. The second-order valence-corrected chi connectivity index (χ2v) is 6.89. The number of aliphatic imine (C=N–C) groups is 1. The van der Waals surface area contributed by atoms with Crippen LogP contribution < -0.4 is 5.73 Å². The predicted molar refractivity (Wildman–Crippen MR) is 75.9 cm³/mol. The zero-order chi connectivity index (χ0) is 19.0. The van der Waals surface area contributed by atoms with Crippen LogP contribution in [-0.2, 0) is 18.3 Å². The number of phosphoric ester groups is 1. The SMILES string of the molecule is COP(=O)(O)OCC1(CF)OC(N2C=CC(N)=NC2O)C(F)(F)C1O. The van der Waals surface area contributed by atoms with E-state index in [0.29, 0.717) is 4.90 Å². The fraction of sp³-hybridized carbons (Fsp3) is 0.727. The molecule has 2 aliphatic heterocycles. The van der Waals surface area contributed by atoms with Crippen molar-refractivity contribution in [2.45, 2.75) is 30.2 Å². The maximum Gasteiger partial charge on any atom is 0.472 e. The summed E-state index contributed by atoms with van der Waals surface area (Å²) < 4.78 is 67.0. The first-order chi connectivity index (χ1) is 11.5. The van der Waals surface area contributed by atoms with Crippen molar-refractivity contribution in [1.29, 1.82) is 0 Å². The normalized spacial score (nSPS) is 37.0. The number of ether oxygens (including phenoxy) is 1. The minimum atomic E-state index is -4.64. The van der Waals surface area contributed by atoms with Crippen molar-refractivity contribution in [2.24, 2.45) is 10.7 Å². The first kappa shape index (κ1) is 20.1. The summed E-state index contributed by atoms with van der Waals surface area (Å²) in [5.74, 6) is -4.23. The van der Waals surface area contributed by atoms with Gasteiger partial charge in [0.05, 0.1) is 6.61 Å². The van der Waals surface area contributed by atoms with Gasteiger partial charge in [0.15, 0.2) is 11.7 Å². The van der Waals surface area contributed by atoms with Crippen molar-refractivity contribution in [3.05, 3.63) is 12.3 Å². The molecule has 0 aliphatic carbocycles. The van der Waals surface area contributed by atoms with Crippen LogP contribution in [0.5, 0.6) is 0 Å². The van der Waals surface area contributed by atoms with Gasteiger partial charge in [-0.05, 0) is 6.08 Å². The van der Waals surface area contributed by atoms with E-state index in [1.54, 1.807) is 0 Å². The highest BCUT2D eigenvalue weighted by Crippen LogP contribution is 2.49. The molecule has 5 N–H and O–H groups in total.